The van der Waals surface area contributed by atoms with Crippen LogP contribution in [0.15, 0.2) is 0 Å². The van der Waals surface area contributed by atoms with E-state index in [0.29, 0.717) is 25.2 Å². The Morgan fingerprint density at radius 3 is 2.45 bits per heavy atom. The van der Waals surface area contributed by atoms with Crippen molar-refractivity contribution in [1.82, 2.24) is 0 Å². The van der Waals surface area contributed by atoms with E-state index in [1.54, 1.807) is 11.8 Å². The van der Waals surface area contributed by atoms with Crippen LogP contribution >= 0.6 is 11.8 Å². The zero-order valence-electron chi connectivity index (χ0n) is 18.8. The van der Waals surface area contributed by atoms with Gasteiger partial charge in [0.05, 0.1) is 24.4 Å². The van der Waals surface area contributed by atoms with Crippen molar-refractivity contribution >= 4 is 17.7 Å². The molecule has 5 atom stereocenters. The largest absolute Gasteiger partial charge is 0.466 e. The van der Waals surface area contributed by atoms with Crippen LogP contribution in [0.3, 0.4) is 0 Å². The van der Waals surface area contributed by atoms with Crippen LogP contribution in [-0.2, 0) is 9.53 Å². The Morgan fingerprint density at radius 2 is 1.76 bits per heavy atom. The van der Waals surface area contributed by atoms with Gasteiger partial charge in [-0.15, -0.1) is 0 Å². The zero-order valence-corrected chi connectivity index (χ0v) is 19.6. The Balaban J connectivity index is 2.30. The van der Waals surface area contributed by atoms with E-state index in [9.17, 15) is 20.1 Å². The first-order valence-electron chi connectivity index (χ1n) is 11.7. The van der Waals surface area contributed by atoms with Crippen LogP contribution < -0.4 is 0 Å². The number of aliphatic hydroxyl groups is 3. The number of thioether (sulfide) groups is 1. The predicted octanol–water partition coefficient (Wildman–Crippen LogP) is 4.46. The van der Waals surface area contributed by atoms with Crippen LogP contribution in [0.2, 0.25) is 0 Å². The van der Waals surface area contributed by atoms with E-state index in [0.717, 1.165) is 64.2 Å². The summed E-state index contributed by atoms with van der Waals surface area (Å²) in [5.41, 5.74) is -0.718. The third kappa shape index (κ3) is 11.0. The number of rotatable bonds is 16. The lowest BCUT2D eigenvalue weighted by atomic mass is 9.97. The number of carbonyl (C=O) groups excluding carboxylic acids is 1. The van der Waals surface area contributed by atoms with Gasteiger partial charge in [0.15, 0.2) is 0 Å². The number of aliphatic hydroxyl groups excluding tert-OH is 2. The fourth-order valence-corrected chi connectivity index (χ4v) is 5.64. The van der Waals surface area contributed by atoms with E-state index < -0.39 is 17.8 Å². The molecule has 0 heterocycles. The van der Waals surface area contributed by atoms with Gasteiger partial charge in [-0.25, -0.2) is 0 Å². The second kappa shape index (κ2) is 14.7. The number of hydrogen-bond donors (Lipinski definition) is 3. The third-order valence-corrected chi connectivity index (χ3v) is 7.66. The van der Waals surface area contributed by atoms with Crippen molar-refractivity contribution < 1.29 is 24.9 Å². The Labute approximate surface area is 182 Å². The van der Waals surface area contributed by atoms with Gasteiger partial charge in [0, 0.05) is 23.8 Å². The molecule has 1 saturated carbocycles. The SMILES string of the molecule is CCCCCC(C)(O)CS[C@H]1C(O)CC(O)[C@@H]1CCCCCCC(=O)OCCC. The van der Waals surface area contributed by atoms with Gasteiger partial charge in [0.1, 0.15) is 0 Å². The van der Waals surface area contributed by atoms with Crippen molar-refractivity contribution in [2.75, 3.05) is 12.4 Å². The molecule has 0 aromatic rings. The fourth-order valence-electron chi connectivity index (χ4n) is 4.05. The second-order valence-electron chi connectivity index (χ2n) is 8.94. The molecule has 0 aromatic carbocycles. The van der Waals surface area contributed by atoms with Crippen molar-refractivity contribution in [2.45, 2.75) is 121 Å². The lowest BCUT2D eigenvalue weighted by Crippen LogP contribution is -2.32. The third-order valence-electron chi connectivity index (χ3n) is 5.82. The minimum absolute atomic E-state index is 0.00771. The van der Waals surface area contributed by atoms with Gasteiger partial charge in [-0.3, -0.25) is 4.79 Å². The van der Waals surface area contributed by atoms with Crippen LogP contribution in [-0.4, -0.2) is 56.7 Å². The molecule has 0 aliphatic heterocycles. The molecule has 3 N–H and O–H groups in total. The van der Waals surface area contributed by atoms with E-state index >= 15 is 0 Å². The Hall–Kier alpha value is -0.300. The van der Waals surface area contributed by atoms with Crippen molar-refractivity contribution in [3.63, 3.8) is 0 Å². The molecule has 3 unspecified atom stereocenters. The summed E-state index contributed by atoms with van der Waals surface area (Å²) >= 11 is 1.63. The summed E-state index contributed by atoms with van der Waals surface area (Å²) in [7, 11) is 0. The predicted molar refractivity (Wildman–Crippen MR) is 120 cm³/mol. The normalized spacial score (nSPS) is 26.4. The van der Waals surface area contributed by atoms with Crippen LogP contribution in [0.1, 0.15) is 97.8 Å². The lowest BCUT2D eigenvalue weighted by Gasteiger charge is -2.28. The molecule has 0 aromatic heterocycles. The van der Waals surface area contributed by atoms with Crippen LogP contribution in [0.4, 0.5) is 0 Å². The maximum atomic E-state index is 11.5. The number of carbonyl (C=O) groups is 1. The highest BCUT2D eigenvalue weighted by Crippen LogP contribution is 2.40. The lowest BCUT2D eigenvalue weighted by molar-refractivity contribution is -0.143. The van der Waals surface area contributed by atoms with E-state index in [4.69, 9.17) is 4.74 Å². The molecule has 0 amide bonds. The molecule has 0 bridgehead atoms. The summed E-state index contributed by atoms with van der Waals surface area (Å²) in [6.45, 7) is 6.53. The van der Waals surface area contributed by atoms with Crippen molar-refractivity contribution in [3.05, 3.63) is 0 Å². The number of unbranched alkanes of at least 4 members (excludes halogenated alkanes) is 5. The van der Waals surface area contributed by atoms with E-state index in [1.165, 1.54) is 0 Å². The molecule has 0 spiro atoms. The smallest absolute Gasteiger partial charge is 0.305 e. The first-order valence-corrected chi connectivity index (χ1v) is 12.7. The molecule has 1 rings (SSSR count). The molecular weight excluding hydrogens is 388 g/mol. The highest BCUT2D eigenvalue weighted by molar-refractivity contribution is 8.00. The maximum Gasteiger partial charge on any atom is 0.305 e. The number of hydrogen-bond acceptors (Lipinski definition) is 6. The number of esters is 1. The maximum absolute atomic E-state index is 11.5. The fraction of sp³-hybridized carbons (Fsp3) is 0.957. The Kier molecular flexibility index (Phi) is 13.5. The van der Waals surface area contributed by atoms with E-state index in [-0.39, 0.29) is 17.1 Å². The molecule has 5 nitrogen and oxygen atoms in total. The molecule has 0 saturated heterocycles. The van der Waals surface area contributed by atoms with E-state index in [1.807, 2.05) is 13.8 Å². The second-order valence-corrected chi connectivity index (χ2v) is 10.1. The van der Waals surface area contributed by atoms with Gasteiger partial charge in [0.2, 0.25) is 0 Å². The van der Waals surface area contributed by atoms with Crippen LogP contribution in [0.25, 0.3) is 0 Å². The molecule has 29 heavy (non-hydrogen) atoms. The van der Waals surface area contributed by atoms with Crippen LogP contribution in [0.5, 0.6) is 0 Å². The van der Waals surface area contributed by atoms with E-state index in [2.05, 4.69) is 6.92 Å². The zero-order chi connectivity index (χ0) is 21.7. The highest BCUT2D eigenvalue weighted by atomic mass is 32.2. The minimum Gasteiger partial charge on any atom is -0.466 e. The summed E-state index contributed by atoms with van der Waals surface area (Å²) in [6, 6.07) is 0. The van der Waals surface area contributed by atoms with Gasteiger partial charge in [-0.2, -0.15) is 11.8 Å². The number of ether oxygens (including phenoxy) is 1. The molecule has 1 aliphatic rings. The van der Waals surface area contributed by atoms with Gasteiger partial charge < -0.3 is 20.1 Å². The van der Waals surface area contributed by atoms with Crippen molar-refractivity contribution in [2.24, 2.45) is 5.92 Å². The topological polar surface area (TPSA) is 87.0 Å². The minimum atomic E-state index is -0.718. The monoisotopic (exact) mass is 432 g/mol. The van der Waals surface area contributed by atoms with Gasteiger partial charge in [0.25, 0.3) is 0 Å². The quantitative estimate of drug-likeness (QED) is 0.247. The summed E-state index contributed by atoms with van der Waals surface area (Å²) in [6.07, 6.45) is 9.60. The summed E-state index contributed by atoms with van der Waals surface area (Å²) in [4.78, 5) is 11.5. The summed E-state index contributed by atoms with van der Waals surface area (Å²) in [5.74, 6) is 0.571. The first-order chi connectivity index (χ1) is 13.8. The molecule has 1 fully saturated rings. The average Bonchev–Trinajstić information content (AvgIpc) is 2.94. The first kappa shape index (κ1) is 26.7. The highest BCUT2D eigenvalue weighted by Gasteiger charge is 2.42. The summed E-state index contributed by atoms with van der Waals surface area (Å²) < 4.78 is 5.08. The molecule has 6 heteroatoms. The molecule has 0 radical (unpaired) electrons. The van der Waals surface area contributed by atoms with Crippen molar-refractivity contribution in [1.29, 1.82) is 0 Å². The molecule has 172 valence electrons. The molecule has 1 aliphatic carbocycles. The summed E-state index contributed by atoms with van der Waals surface area (Å²) in [5, 5.41) is 31.4. The average molecular weight is 433 g/mol. The van der Waals surface area contributed by atoms with Gasteiger partial charge in [-0.1, -0.05) is 52.4 Å². The Morgan fingerprint density at radius 1 is 1.03 bits per heavy atom. The van der Waals surface area contributed by atoms with Gasteiger partial charge >= 0.3 is 5.97 Å². The molecular formula is C23H44O5S. The van der Waals surface area contributed by atoms with Crippen LogP contribution in [0, 0.1) is 5.92 Å². The standard InChI is InChI=1S/C23H44O5S/c1-4-6-11-14-23(3,27)17-29-22-18(19(24)16-20(22)25)12-9-7-8-10-13-21(26)28-15-5-2/h18-20,22,24-25,27H,4-17H2,1-3H3/t18-,19?,20?,22+,23?/m0/s1. The van der Waals surface area contributed by atoms with Gasteiger partial charge in [-0.05, 0) is 38.5 Å². The van der Waals surface area contributed by atoms with Crippen molar-refractivity contribution in [3.8, 4) is 0 Å². The Bertz CT molecular complexity index is 443.